The molecule has 1 saturated heterocycles. The highest BCUT2D eigenvalue weighted by Crippen LogP contribution is 2.22. The second kappa shape index (κ2) is 5.77. The lowest BCUT2D eigenvalue weighted by molar-refractivity contribution is 0.0661. The third kappa shape index (κ3) is 3.63. The molecule has 1 heterocycles. The van der Waals surface area contributed by atoms with Gasteiger partial charge in [-0.05, 0) is 51.1 Å². The highest BCUT2D eigenvalue weighted by atomic mass is 32.2. The van der Waals surface area contributed by atoms with Gasteiger partial charge in [-0.15, -0.1) is 0 Å². The fraction of sp³-hybridized carbons (Fsp3) is 0.533. The van der Waals surface area contributed by atoms with Gasteiger partial charge in [0.2, 0.25) is 0 Å². The van der Waals surface area contributed by atoms with E-state index in [0.717, 1.165) is 19.1 Å². The quantitative estimate of drug-likeness (QED) is 0.914. The van der Waals surface area contributed by atoms with Crippen LogP contribution in [0, 0.1) is 0 Å². The Balaban J connectivity index is 2.08. The molecule has 0 aliphatic carbocycles. The monoisotopic (exact) mass is 310 g/mol. The Morgan fingerprint density at radius 1 is 1.19 bits per heavy atom. The smallest absolute Gasteiger partial charge is 0.253 e. The van der Waals surface area contributed by atoms with E-state index in [-0.39, 0.29) is 16.3 Å². The number of carbonyl (C=O) groups is 1. The Bertz CT molecular complexity index is 615. The molecule has 0 unspecified atom stereocenters. The maximum absolute atomic E-state index is 12.4. The molecule has 1 amide bonds. The summed E-state index contributed by atoms with van der Waals surface area (Å²) in [4.78, 5) is 14.5. The number of sulfone groups is 1. The predicted octanol–water partition coefficient (Wildman–Crippen LogP) is 1.30. The van der Waals surface area contributed by atoms with Crippen molar-refractivity contribution in [1.29, 1.82) is 0 Å². The molecule has 1 aromatic rings. The van der Waals surface area contributed by atoms with E-state index in [4.69, 9.17) is 0 Å². The molecule has 6 heteroatoms. The predicted molar refractivity (Wildman–Crippen MR) is 82.2 cm³/mol. The third-order valence-electron chi connectivity index (χ3n) is 4.29. The molecule has 2 rings (SSSR count). The lowest BCUT2D eigenvalue weighted by Gasteiger charge is -2.39. The highest BCUT2D eigenvalue weighted by molar-refractivity contribution is 7.90. The molecule has 116 valence electrons. The van der Waals surface area contributed by atoms with Crippen LogP contribution in [0.3, 0.4) is 0 Å². The molecular weight excluding hydrogens is 288 g/mol. The summed E-state index contributed by atoms with van der Waals surface area (Å²) in [6.07, 6.45) is 2.99. The number of nitrogens with one attached hydrogen (secondary N) is 1. The van der Waals surface area contributed by atoms with Gasteiger partial charge < -0.3 is 10.2 Å². The number of carbonyl (C=O) groups excluding carboxylic acids is 1. The zero-order valence-corrected chi connectivity index (χ0v) is 13.5. The van der Waals surface area contributed by atoms with Gasteiger partial charge in [0.05, 0.1) is 4.90 Å². The van der Waals surface area contributed by atoms with Gasteiger partial charge in [-0.2, -0.15) is 0 Å². The fourth-order valence-electron chi connectivity index (χ4n) is 2.48. The molecule has 0 saturated carbocycles. The first kappa shape index (κ1) is 16.0. The van der Waals surface area contributed by atoms with Crippen LogP contribution in [0.15, 0.2) is 29.2 Å². The van der Waals surface area contributed by atoms with Crippen molar-refractivity contribution in [1.82, 2.24) is 10.2 Å². The van der Waals surface area contributed by atoms with Crippen LogP contribution in [0.1, 0.15) is 30.1 Å². The van der Waals surface area contributed by atoms with E-state index in [1.165, 1.54) is 12.1 Å². The van der Waals surface area contributed by atoms with Crippen molar-refractivity contribution in [3.05, 3.63) is 29.8 Å². The summed E-state index contributed by atoms with van der Waals surface area (Å²) in [6, 6.07) is 6.16. The molecule has 0 spiro atoms. The Morgan fingerprint density at radius 3 is 2.14 bits per heavy atom. The van der Waals surface area contributed by atoms with E-state index in [1.54, 1.807) is 12.1 Å². The second-order valence-corrected chi connectivity index (χ2v) is 7.92. The maximum atomic E-state index is 12.4. The molecule has 0 atom stereocenters. The first-order valence-corrected chi connectivity index (χ1v) is 8.93. The molecule has 1 fully saturated rings. The van der Waals surface area contributed by atoms with Crippen LogP contribution in [0.5, 0.6) is 0 Å². The molecule has 0 radical (unpaired) electrons. The molecule has 21 heavy (non-hydrogen) atoms. The maximum Gasteiger partial charge on any atom is 0.253 e. The Hall–Kier alpha value is -1.40. The summed E-state index contributed by atoms with van der Waals surface area (Å²) in [5.41, 5.74) is 0.632. The van der Waals surface area contributed by atoms with Crippen molar-refractivity contribution in [2.75, 3.05) is 26.4 Å². The number of hydrogen-bond donors (Lipinski definition) is 1. The largest absolute Gasteiger partial charge is 0.339 e. The number of hydrogen-bond acceptors (Lipinski definition) is 4. The van der Waals surface area contributed by atoms with E-state index in [1.807, 2.05) is 11.9 Å². The molecule has 0 bridgehead atoms. The van der Waals surface area contributed by atoms with Gasteiger partial charge >= 0.3 is 0 Å². The van der Waals surface area contributed by atoms with Gasteiger partial charge in [-0.25, -0.2) is 8.42 Å². The molecule has 1 N–H and O–H groups in total. The van der Waals surface area contributed by atoms with E-state index < -0.39 is 9.84 Å². The zero-order chi connectivity index (χ0) is 15.7. The summed E-state index contributed by atoms with van der Waals surface area (Å²) >= 11 is 0. The van der Waals surface area contributed by atoms with Gasteiger partial charge in [0.1, 0.15) is 0 Å². The van der Waals surface area contributed by atoms with Crippen molar-refractivity contribution >= 4 is 15.7 Å². The molecule has 5 nitrogen and oxygen atoms in total. The van der Waals surface area contributed by atoms with Crippen LogP contribution in [-0.4, -0.2) is 51.2 Å². The number of piperidine rings is 1. The van der Waals surface area contributed by atoms with Gasteiger partial charge in [-0.1, -0.05) is 0 Å². The molecule has 1 aliphatic heterocycles. The average molecular weight is 310 g/mol. The van der Waals surface area contributed by atoms with Crippen LogP contribution < -0.4 is 5.32 Å². The lowest BCUT2D eigenvalue weighted by atomic mass is 9.89. The second-order valence-electron chi connectivity index (χ2n) is 5.90. The lowest BCUT2D eigenvalue weighted by Crippen LogP contribution is -2.51. The minimum Gasteiger partial charge on any atom is -0.339 e. The van der Waals surface area contributed by atoms with Crippen molar-refractivity contribution in [2.24, 2.45) is 0 Å². The average Bonchev–Trinajstić information content (AvgIpc) is 2.47. The normalized spacial score (nSPS) is 18.5. The summed E-state index contributed by atoms with van der Waals surface area (Å²) in [5, 5.41) is 3.30. The van der Waals surface area contributed by atoms with Crippen LogP contribution in [-0.2, 0) is 9.84 Å². The van der Waals surface area contributed by atoms with Gasteiger partial charge in [-0.3, -0.25) is 4.79 Å². The minimum absolute atomic E-state index is 0.0341. The number of benzene rings is 1. The Morgan fingerprint density at radius 2 is 1.71 bits per heavy atom. The van der Waals surface area contributed by atoms with Crippen LogP contribution in [0.25, 0.3) is 0 Å². The summed E-state index contributed by atoms with van der Waals surface area (Å²) in [6.45, 7) is 3.59. The molecule has 1 aromatic carbocycles. The summed E-state index contributed by atoms with van der Waals surface area (Å²) < 4.78 is 22.8. The van der Waals surface area contributed by atoms with E-state index in [9.17, 15) is 13.2 Å². The number of likely N-dealkylation sites (tertiary alicyclic amines) is 1. The van der Waals surface area contributed by atoms with Crippen LogP contribution >= 0.6 is 0 Å². The fourth-order valence-corrected chi connectivity index (χ4v) is 3.11. The first-order valence-electron chi connectivity index (χ1n) is 7.03. The minimum atomic E-state index is -3.22. The van der Waals surface area contributed by atoms with Gasteiger partial charge in [0, 0.05) is 30.4 Å². The molecular formula is C15H22N2O3S. The first-order chi connectivity index (χ1) is 9.75. The highest BCUT2D eigenvalue weighted by Gasteiger charge is 2.30. The Labute approximate surface area is 126 Å². The summed E-state index contributed by atoms with van der Waals surface area (Å²) in [5.74, 6) is -0.0341. The summed E-state index contributed by atoms with van der Waals surface area (Å²) in [7, 11) is -1.28. The van der Waals surface area contributed by atoms with E-state index in [0.29, 0.717) is 18.7 Å². The van der Waals surface area contributed by atoms with Crippen molar-refractivity contribution in [3.8, 4) is 0 Å². The van der Waals surface area contributed by atoms with Gasteiger partial charge in [0.15, 0.2) is 9.84 Å². The standard InChI is InChI=1S/C15H22N2O3S/c1-15(16-2)8-10-17(11-9-15)14(18)12-4-6-13(7-5-12)21(3,19)20/h4-7,16H,8-11H2,1-3H3. The third-order valence-corrected chi connectivity index (χ3v) is 5.42. The van der Waals surface area contributed by atoms with Crippen molar-refractivity contribution in [3.63, 3.8) is 0 Å². The van der Waals surface area contributed by atoms with Crippen molar-refractivity contribution < 1.29 is 13.2 Å². The van der Waals surface area contributed by atoms with Gasteiger partial charge in [0.25, 0.3) is 5.91 Å². The van der Waals surface area contributed by atoms with Crippen LogP contribution in [0.2, 0.25) is 0 Å². The van der Waals surface area contributed by atoms with E-state index in [2.05, 4.69) is 12.2 Å². The van der Waals surface area contributed by atoms with Crippen molar-refractivity contribution in [2.45, 2.75) is 30.2 Å². The zero-order valence-electron chi connectivity index (χ0n) is 12.7. The number of nitrogens with zero attached hydrogens (tertiary/aromatic N) is 1. The van der Waals surface area contributed by atoms with E-state index >= 15 is 0 Å². The molecule has 0 aromatic heterocycles. The van der Waals surface area contributed by atoms with Crippen LogP contribution in [0.4, 0.5) is 0 Å². The Kier molecular flexibility index (Phi) is 4.39. The number of rotatable bonds is 3. The topological polar surface area (TPSA) is 66.5 Å². The number of amides is 1. The SMILES string of the molecule is CNC1(C)CCN(C(=O)c2ccc(S(C)(=O)=O)cc2)CC1. The molecule has 1 aliphatic rings.